The van der Waals surface area contributed by atoms with Crippen LogP contribution in [0.5, 0.6) is 5.75 Å². The first kappa shape index (κ1) is 19.3. The summed E-state index contributed by atoms with van der Waals surface area (Å²) in [7, 11) is 0. The van der Waals surface area contributed by atoms with Gasteiger partial charge in [0.2, 0.25) is 5.89 Å². The molecular formula is C23H20N4O3S. The minimum absolute atomic E-state index is 0.122. The highest BCUT2D eigenvalue weighted by Gasteiger charge is 2.15. The fourth-order valence-electron chi connectivity index (χ4n) is 3.42. The average molecular weight is 433 g/mol. The maximum atomic E-state index is 13.0. The molecule has 5 rings (SSSR count). The van der Waals surface area contributed by atoms with Crippen LogP contribution >= 0.6 is 11.3 Å². The van der Waals surface area contributed by atoms with Crippen LogP contribution in [0.2, 0.25) is 0 Å². The summed E-state index contributed by atoms with van der Waals surface area (Å²) in [6, 6.07) is 13.4. The number of benzene rings is 1. The average Bonchev–Trinajstić information content (AvgIpc) is 3.51. The van der Waals surface area contributed by atoms with Crippen molar-refractivity contribution in [1.82, 2.24) is 19.2 Å². The molecule has 0 atom stereocenters. The van der Waals surface area contributed by atoms with Crippen molar-refractivity contribution >= 4 is 16.9 Å². The van der Waals surface area contributed by atoms with Crippen LogP contribution in [-0.2, 0) is 6.54 Å². The monoisotopic (exact) mass is 432 g/mol. The van der Waals surface area contributed by atoms with E-state index in [0.29, 0.717) is 36.0 Å². The molecule has 0 aliphatic heterocycles. The normalized spacial score (nSPS) is 11.3. The van der Waals surface area contributed by atoms with Crippen LogP contribution in [0, 0.1) is 6.92 Å². The zero-order valence-corrected chi connectivity index (χ0v) is 17.9. The number of fused-ring (bicyclic) bond motifs is 1. The van der Waals surface area contributed by atoms with E-state index in [4.69, 9.17) is 9.15 Å². The van der Waals surface area contributed by atoms with E-state index in [0.717, 1.165) is 21.9 Å². The van der Waals surface area contributed by atoms with E-state index in [1.807, 2.05) is 61.7 Å². The number of thiophene rings is 1. The Bertz CT molecular complexity index is 1400. The lowest BCUT2D eigenvalue weighted by molar-refractivity contribution is 0.340. The Morgan fingerprint density at radius 2 is 2.00 bits per heavy atom. The number of aryl methyl sites for hydroxylation is 1. The third-order valence-corrected chi connectivity index (χ3v) is 5.89. The third kappa shape index (κ3) is 3.66. The van der Waals surface area contributed by atoms with E-state index < -0.39 is 0 Å². The Kier molecular flexibility index (Phi) is 4.91. The summed E-state index contributed by atoms with van der Waals surface area (Å²) in [5.74, 6) is 2.01. The Hall–Kier alpha value is -3.65. The van der Waals surface area contributed by atoms with E-state index >= 15 is 0 Å². The first-order chi connectivity index (χ1) is 15.1. The van der Waals surface area contributed by atoms with Crippen LogP contribution < -0.4 is 10.3 Å². The number of ether oxygens (including phenoxy) is 1. The second-order valence-corrected chi connectivity index (χ2v) is 7.99. The van der Waals surface area contributed by atoms with Gasteiger partial charge in [-0.05, 0) is 55.6 Å². The first-order valence-electron chi connectivity index (χ1n) is 9.94. The van der Waals surface area contributed by atoms with Gasteiger partial charge in [0.05, 0.1) is 18.0 Å². The molecule has 0 bridgehead atoms. The maximum absolute atomic E-state index is 13.0. The van der Waals surface area contributed by atoms with Gasteiger partial charge in [-0.25, -0.2) is 9.50 Å². The lowest BCUT2D eigenvalue weighted by Crippen LogP contribution is -2.22. The zero-order chi connectivity index (χ0) is 21.4. The summed E-state index contributed by atoms with van der Waals surface area (Å²) in [6.07, 6.45) is 3.52. The van der Waals surface area contributed by atoms with Gasteiger partial charge in [0.25, 0.3) is 5.56 Å². The molecule has 0 amide bonds. The van der Waals surface area contributed by atoms with Crippen LogP contribution in [0.15, 0.2) is 69.5 Å². The molecule has 0 aliphatic rings. The van der Waals surface area contributed by atoms with Crippen molar-refractivity contribution in [1.29, 1.82) is 0 Å². The number of rotatable bonds is 6. The lowest BCUT2D eigenvalue weighted by atomic mass is 10.2. The molecule has 0 saturated heterocycles. The highest BCUT2D eigenvalue weighted by molar-refractivity contribution is 7.13. The van der Waals surface area contributed by atoms with Gasteiger partial charge in [0.1, 0.15) is 28.4 Å². The number of hydrogen-bond acceptors (Lipinski definition) is 6. The van der Waals surface area contributed by atoms with E-state index in [9.17, 15) is 4.79 Å². The molecule has 4 aromatic heterocycles. The fourth-order valence-corrected chi connectivity index (χ4v) is 4.10. The molecule has 0 aliphatic carbocycles. The van der Waals surface area contributed by atoms with Crippen molar-refractivity contribution in [3.05, 3.63) is 82.0 Å². The van der Waals surface area contributed by atoms with Gasteiger partial charge in [-0.2, -0.15) is 5.10 Å². The highest BCUT2D eigenvalue weighted by atomic mass is 32.1. The summed E-state index contributed by atoms with van der Waals surface area (Å²) < 4.78 is 14.6. The molecule has 156 valence electrons. The predicted molar refractivity (Wildman–Crippen MR) is 120 cm³/mol. The molecule has 7 nitrogen and oxygen atoms in total. The quantitative estimate of drug-likeness (QED) is 0.391. The van der Waals surface area contributed by atoms with E-state index in [2.05, 4.69) is 10.1 Å². The molecule has 1 aromatic carbocycles. The standard InChI is InChI=1S/C23H20N4O3S/c1-3-29-17-8-6-16(7-9-17)22-24-19(15(2)30-22)14-26-10-11-27-20(23(26)28)13-18(25-27)21-5-4-12-31-21/h4-13H,3,14H2,1-2H3. The number of hydrogen-bond donors (Lipinski definition) is 0. The second kappa shape index (κ2) is 7.88. The van der Waals surface area contributed by atoms with Crippen molar-refractivity contribution in [3.8, 4) is 27.8 Å². The molecule has 31 heavy (non-hydrogen) atoms. The molecule has 0 unspecified atom stereocenters. The lowest BCUT2D eigenvalue weighted by Gasteiger charge is -2.04. The second-order valence-electron chi connectivity index (χ2n) is 7.05. The van der Waals surface area contributed by atoms with Crippen LogP contribution in [0.4, 0.5) is 0 Å². The minimum atomic E-state index is -0.122. The summed E-state index contributed by atoms with van der Waals surface area (Å²) in [5, 5.41) is 6.51. The van der Waals surface area contributed by atoms with Crippen molar-refractivity contribution in [2.24, 2.45) is 0 Å². The fraction of sp³-hybridized carbons (Fsp3) is 0.174. The smallest absolute Gasteiger partial charge is 0.276 e. The molecule has 0 fully saturated rings. The van der Waals surface area contributed by atoms with Crippen LogP contribution in [-0.4, -0.2) is 25.8 Å². The summed E-state index contributed by atoms with van der Waals surface area (Å²) in [4.78, 5) is 18.7. The van der Waals surface area contributed by atoms with E-state index in [1.54, 1.807) is 32.8 Å². The van der Waals surface area contributed by atoms with Gasteiger partial charge in [0.15, 0.2) is 0 Å². The van der Waals surface area contributed by atoms with Crippen molar-refractivity contribution in [3.63, 3.8) is 0 Å². The SMILES string of the molecule is CCOc1ccc(-c2nc(Cn3ccn4nc(-c5cccs5)cc4c3=O)c(C)o2)cc1. The predicted octanol–water partition coefficient (Wildman–Crippen LogP) is 4.63. The third-order valence-electron chi connectivity index (χ3n) is 5.00. The van der Waals surface area contributed by atoms with Crippen molar-refractivity contribution < 1.29 is 9.15 Å². The Balaban J connectivity index is 1.44. The zero-order valence-electron chi connectivity index (χ0n) is 17.1. The Labute approximate surface area is 182 Å². The number of aromatic nitrogens is 4. The molecule has 0 saturated carbocycles. The molecule has 4 heterocycles. The summed E-state index contributed by atoms with van der Waals surface area (Å²) >= 11 is 1.60. The molecule has 5 aromatic rings. The van der Waals surface area contributed by atoms with E-state index in [1.165, 1.54) is 0 Å². The molecular weight excluding hydrogens is 412 g/mol. The van der Waals surface area contributed by atoms with Crippen LogP contribution in [0.25, 0.3) is 27.5 Å². The number of oxazole rings is 1. The molecule has 0 N–H and O–H groups in total. The molecule has 0 spiro atoms. The van der Waals surface area contributed by atoms with Gasteiger partial charge in [-0.3, -0.25) is 4.79 Å². The largest absolute Gasteiger partial charge is 0.494 e. The first-order valence-corrected chi connectivity index (χ1v) is 10.8. The van der Waals surface area contributed by atoms with Crippen molar-refractivity contribution in [2.75, 3.05) is 6.61 Å². The van der Waals surface area contributed by atoms with Gasteiger partial charge < -0.3 is 13.7 Å². The number of nitrogens with zero attached hydrogens (tertiary/aromatic N) is 4. The van der Waals surface area contributed by atoms with Gasteiger partial charge in [-0.1, -0.05) is 6.07 Å². The van der Waals surface area contributed by atoms with Gasteiger partial charge >= 0.3 is 0 Å². The van der Waals surface area contributed by atoms with E-state index in [-0.39, 0.29) is 5.56 Å². The maximum Gasteiger partial charge on any atom is 0.276 e. The van der Waals surface area contributed by atoms with Gasteiger partial charge in [0, 0.05) is 18.0 Å². The van der Waals surface area contributed by atoms with Crippen LogP contribution in [0.1, 0.15) is 18.4 Å². The summed E-state index contributed by atoms with van der Waals surface area (Å²) in [5.41, 5.74) is 2.77. The van der Waals surface area contributed by atoms with Gasteiger partial charge in [-0.15, -0.1) is 11.3 Å². The Morgan fingerprint density at radius 1 is 1.16 bits per heavy atom. The highest BCUT2D eigenvalue weighted by Crippen LogP contribution is 2.25. The molecule has 8 heteroatoms. The molecule has 0 radical (unpaired) electrons. The minimum Gasteiger partial charge on any atom is -0.494 e. The van der Waals surface area contributed by atoms with Crippen molar-refractivity contribution in [2.45, 2.75) is 20.4 Å². The summed E-state index contributed by atoms with van der Waals surface area (Å²) in [6.45, 7) is 4.75. The van der Waals surface area contributed by atoms with Crippen LogP contribution in [0.3, 0.4) is 0 Å². The Morgan fingerprint density at radius 3 is 2.74 bits per heavy atom. The topological polar surface area (TPSA) is 74.6 Å².